The van der Waals surface area contributed by atoms with Gasteiger partial charge in [0.2, 0.25) is 0 Å². The van der Waals surface area contributed by atoms with Gasteiger partial charge >= 0.3 is 6.36 Å². The lowest BCUT2D eigenvalue weighted by Crippen LogP contribution is -2.54. The van der Waals surface area contributed by atoms with Crippen molar-refractivity contribution in [2.24, 2.45) is 5.73 Å². The lowest BCUT2D eigenvalue weighted by molar-refractivity contribution is -0.275. The van der Waals surface area contributed by atoms with Gasteiger partial charge in [-0.05, 0) is 20.2 Å². The van der Waals surface area contributed by atoms with Gasteiger partial charge < -0.3 is 15.4 Å². The maximum absolute atomic E-state index is 12.5. The van der Waals surface area contributed by atoms with Crippen molar-refractivity contribution in [1.82, 2.24) is 9.80 Å². The first-order valence-corrected chi connectivity index (χ1v) is 6.77. The fourth-order valence-electron chi connectivity index (χ4n) is 2.61. The number of alkyl halides is 3. The maximum Gasteiger partial charge on any atom is 0.573 e. The van der Waals surface area contributed by atoms with Crippen molar-refractivity contribution in [2.75, 3.05) is 33.7 Å². The van der Waals surface area contributed by atoms with Gasteiger partial charge in [0.05, 0.1) is 6.04 Å². The molecule has 21 heavy (non-hydrogen) atoms. The van der Waals surface area contributed by atoms with E-state index in [9.17, 15) is 13.2 Å². The second-order valence-corrected chi connectivity index (χ2v) is 5.42. The predicted octanol–water partition coefficient (Wildman–Crippen LogP) is 1.83. The Morgan fingerprint density at radius 3 is 2.57 bits per heavy atom. The summed E-state index contributed by atoms with van der Waals surface area (Å²) in [6.45, 7) is 2.45. The van der Waals surface area contributed by atoms with E-state index in [1.54, 1.807) is 12.1 Å². The smallest absolute Gasteiger partial charge is 0.405 e. The number of nitrogens with zero attached hydrogens (tertiary/aromatic N) is 2. The lowest BCUT2D eigenvalue weighted by Gasteiger charge is -2.41. The van der Waals surface area contributed by atoms with Gasteiger partial charge in [0.1, 0.15) is 5.75 Å². The van der Waals surface area contributed by atoms with Crippen molar-refractivity contribution in [3.63, 3.8) is 0 Å². The summed E-state index contributed by atoms with van der Waals surface area (Å²) in [4.78, 5) is 4.20. The number of benzene rings is 1. The average Bonchev–Trinajstić information content (AvgIpc) is 2.39. The minimum absolute atomic E-state index is 0.0540. The molecule has 0 saturated carbocycles. The molecule has 118 valence electrons. The minimum Gasteiger partial charge on any atom is -0.405 e. The molecule has 0 aliphatic carbocycles. The Balaban J connectivity index is 2.24. The first-order valence-electron chi connectivity index (χ1n) is 6.77. The highest BCUT2D eigenvalue weighted by molar-refractivity contribution is 5.37. The summed E-state index contributed by atoms with van der Waals surface area (Å²) in [6.07, 6.45) is -4.72. The molecular weight excluding hydrogens is 283 g/mol. The zero-order chi connectivity index (χ0) is 15.6. The number of halogens is 3. The van der Waals surface area contributed by atoms with E-state index in [1.807, 2.05) is 14.1 Å². The van der Waals surface area contributed by atoms with Gasteiger partial charge in [-0.2, -0.15) is 0 Å². The third-order valence-electron chi connectivity index (χ3n) is 3.82. The van der Waals surface area contributed by atoms with Crippen LogP contribution in [0.5, 0.6) is 5.75 Å². The molecule has 0 radical (unpaired) electrons. The first-order chi connectivity index (χ1) is 9.78. The van der Waals surface area contributed by atoms with Crippen LogP contribution in [0.4, 0.5) is 13.2 Å². The molecule has 7 heteroatoms. The second-order valence-electron chi connectivity index (χ2n) is 5.42. The van der Waals surface area contributed by atoms with E-state index in [4.69, 9.17) is 5.73 Å². The third-order valence-corrected chi connectivity index (χ3v) is 3.82. The number of likely N-dealkylation sites (N-methyl/N-ethyl adjacent to an activating group) is 2. The van der Waals surface area contributed by atoms with E-state index in [0.717, 1.165) is 13.1 Å². The Labute approximate surface area is 122 Å². The fourth-order valence-corrected chi connectivity index (χ4v) is 2.61. The molecule has 4 nitrogen and oxygen atoms in total. The third kappa shape index (κ3) is 4.09. The number of hydrogen-bond donors (Lipinski definition) is 1. The zero-order valence-corrected chi connectivity index (χ0v) is 12.1. The number of para-hydroxylation sites is 1. The number of rotatable bonds is 3. The second kappa shape index (κ2) is 6.21. The van der Waals surface area contributed by atoms with E-state index >= 15 is 0 Å². The van der Waals surface area contributed by atoms with E-state index < -0.39 is 12.4 Å². The number of ether oxygens (including phenoxy) is 1. The van der Waals surface area contributed by atoms with Gasteiger partial charge in [-0.15, -0.1) is 13.2 Å². The monoisotopic (exact) mass is 303 g/mol. The molecule has 0 amide bonds. The Morgan fingerprint density at radius 1 is 1.24 bits per heavy atom. The van der Waals surface area contributed by atoms with Crippen LogP contribution in [0.15, 0.2) is 24.3 Å². The van der Waals surface area contributed by atoms with Gasteiger partial charge in [0.25, 0.3) is 0 Å². The standard InChI is InChI=1S/C14H20F3N3O/c1-19-7-8-20(2)11(9-19)13(18)10-5-3-4-6-12(10)21-14(15,16)17/h3-6,11,13H,7-9,18H2,1-2H3. The van der Waals surface area contributed by atoms with Crippen molar-refractivity contribution in [3.05, 3.63) is 29.8 Å². The summed E-state index contributed by atoms with van der Waals surface area (Å²) in [5.74, 6) is -0.223. The van der Waals surface area contributed by atoms with Crippen LogP contribution in [-0.4, -0.2) is 55.9 Å². The maximum atomic E-state index is 12.5. The summed E-state index contributed by atoms with van der Waals surface area (Å²) in [5, 5.41) is 0. The summed E-state index contributed by atoms with van der Waals surface area (Å²) < 4.78 is 41.5. The first kappa shape index (κ1) is 16.1. The van der Waals surface area contributed by atoms with Crippen LogP contribution in [0.1, 0.15) is 11.6 Å². The number of nitrogens with two attached hydrogens (primary N) is 1. The lowest BCUT2D eigenvalue weighted by atomic mass is 9.96. The summed E-state index contributed by atoms with van der Waals surface area (Å²) in [5.41, 5.74) is 6.60. The van der Waals surface area contributed by atoms with Crippen molar-refractivity contribution in [1.29, 1.82) is 0 Å². The Hall–Kier alpha value is -1.31. The topological polar surface area (TPSA) is 41.7 Å². The highest BCUT2D eigenvalue weighted by atomic mass is 19.4. The molecule has 0 bridgehead atoms. The van der Waals surface area contributed by atoms with Crippen LogP contribution >= 0.6 is 0 Å². The SMILES string of the molecule is CN1CCN(C)C(C(N)c2ccccc2OC(F)(F)F)C1. The highest BCUT2D eigenvalue weighted by Crippen LogP contribution is 2.32. The normalized spacial score (nSPS) is 23.0. The molecule has 2 N–H and O–H groups in total. The van der Waals surface area contributed by atoms with Crippen LogP contribution < -0.4 is 10.5 Å². The summed E-state index contributed by atoms with van der Waals surface area (Å²) in [7, 11) is 3.91. The van der Waals surface area contributed by atoms with Crippen LogP contribution in [0, 0.1) is 0 Å². The zero-order valence-electron chi connectivity index (χ0n) is 12.1. The van der Waals surface area contributed by atoms with Gasteiger partial charge in [-0.25, -0.2) is 0 Å². The van der Waals surface area contributed by atoms with Crippen molar-refractivity contribution in [3.8, 4) is 5.75 Å². The van der Waals surface area contributed by atoms with Gasteiger partial charge in [0, 0.05) is 31.2 Å². The van der Waals surface area contributed by atoms with Gasteiger partial charge in [0.15, 0.2) is 0 Å². The van der Waals surface area contributed by atoms with E-state index in [-0.39, 0.29) is 11.8 Å². The van der Waals surface area contributed by atoms with E-state index in [0.29, 0.717) is 12.1 Å². The molecule has 1 saturated heterocycles. The molecule has 0 spiro atoms. The predicted molar refractivity (Wildman–Crippen MR) is 74.0 cm³/mol. The van der Waals surface area contributed by atoms with Crippen molar-refractivity contribution in [2.45, 2.75) is 18.4 Å². The fraction of sp³-hybridized carbons (Fsp3) is 0.571. The Bertz CT molecular complexity index is 481. The van der Waals surface area contributed by atoms with E-state index in [1.165, 1.54) is 12.1 Å². The molecule has 2 unspecified atom stereocenters. The quantitative estimate of drug-likeness (QED) is 0.925. The molecule has 1 aromatic carbocycles. The average molecular weight is 303 g/mol. The van der Waals surface area contributed by atoms with Crippen LogP contribution in [0.3, 0.4) is 0 Å². The number of hydrogen-bond acceptors (Lipinski definition) is 4. The van der Waals surface area contributed by atoms with Crippen LogP contribution in [0.25, 0.3) is 0 Å². The van der Waals surface area contributed by atoms with Crippen LogP contribution in [-0.2, 0) is 0 Å². The highest BCUT2D eigenvalue weighted by Gasteiger charge is 2.35. The summed E-state index contributed by atoms with van der Waals surface area (Å²) >= 11 is 0. The molecule has 1 aliphatic heterocycles. The van der Waals surface area contributed by atoms with Gasteiger partial charge in [-0.3, -0.25) is 4.90 Å². The van der Waals surface area contributed by atoms with Gasteiger partial charge in [-0.1, -0.05) is 18.2 Å². The number of piperazine rings is 1. The Kier molecular flexibility index (Phi) is 4.75. The van der Waals surface area contributed by atoms with E-state index in [2.05, 4.69) is 14.5 Å². The van der Waals surface area contributed by atoms with Crippen molar-refractivity contribution < 1.29 is 17.9 Å². The molecule has 1 fully saturated rings. The summed E-state index contributed by atoms with van der Waals surface area (Å²) in [6, 6.07) is 5.47. The molecule has 0 aromatic heterocycles. The molecule has 2 rings (SSSR count). The molecule has 1 aromatic rings. The largest absolute Gasteiger partial charge is 0.573 e. The Morgan fingerprint density at radius 2 is 1.90 bits per heavy atom. The van der Waals surface area contributed by atoms with Crippen LogP contribution in [0.2, 0.25) is 0 Å². The van der Waals surface area contributed by atoms with Crippen molar-refractivity contribution >= 4 is 0 Å². The molecule has 1 heterocycles. The minimum atomic E-state index is -4.72. The molecule has 1 aliphatic rings. The molecule has 2 atom stereocenters. The molecular formula is C14H20F3N3O.